The molecule has 1 atom stereocenters. The zero-order valence-corrected chi connectivity index (χ0v) is 18.0. The van der Waals surface area contributed by atoms with Crippen molar-refractivity contribution in [3.63, 3.8) is 0 Å². The summed E-state index contributed by atoms with van der Waals surface area (Å²) >= 11 is 1.77. The highest BCUT2D eigenvalue weighted by Gasteiger charge is 2.23. The Bertz CT molecular complexity index is 1060. The van der Waals surface area contributed by atoms with E-state index >= 15 is 0 Å². The number of hydrogen-bond acceptors (Lipinski definition) is 8. The number of anilines is 3. The highest BCUT2D eigenvalue weighted by molar-refractivity contribution is 7.19. The van der Waals surface area contributed by atoms with Gasteiger partial charge in [-0.3, -0.25) is 0 Å². The highest BCUT2D eigenvalue weighted by atomic mass is 32.1. The van der Waals surface area contributed by atoms with Crippen LogP contribution in [0.5, 0.6) is 5.75 Å². The van der Waals surface area contributed by atoms with Crippen LogP contribution in [-0.4, -0.2) is 29.3 Å². The van der Waals surface area contributed by atoms with Gasteiger partial charge in [0.05, 0.1) is 17.7 Å². The Hall–Kier alpha value is -2.71. The van der Waals surface area contributed by atoms with Crippen molar-refractivity contribution in [1.29, 1.82) is 5.41 Å². The van der Waals surface area contributed by atoms with Crippen LogP contribution in [0, 0.1) is 11.3 Å². The molecule has 0 bridgehead atoms. The molecule has 8 heteroatoms. The number of fused-ring (bicyclic) bond motifs is 3. The van der Waals surface area contributed by atoms with Crippen molar-refractivity contribution >= 4 is 45.0 Å². The lowest BCUT2D eigenvalue weighted by atomic mass is 9.89. The van der Waals surface area contributed by atoms with Crippen LogP contribution < -0.4 is 21.5 Å². The first-order valence-electron chi connectivity index (χ1n) is 10.4. The van der Waals surface area contributed by atoms with Gasteiger partial charge in [0.15, 0.2) is 0 Å². The molecule has 3 aromatic rings. The number of unbranched alkanes of at least 4 members (excludes halogenated alkanes) is 1. The van der Waals surface area contributed by atoms with Crippen LogP contribution in [0.2, 0.25) is 0 Å². The Balaban J connectivity index is 1.71. The Morgan fingerprint density at radius 1 is 1.33 bits per heavy atom. The summed E-state index contributed by atoms with van der Waals surface area (Å²) in [6, 6.07) is 3.61. The Morgan fingerprint density at radius 3 is 3.00 bits per heavy atom. The first kappa shape index (κ1) is 20.6. The van der Waals surface area contributed by atoms with Gasteiger partial charge in [0.25, 0.3) is 0 Å². The number of rotatable bonds is 8. The molecular weight excluding hydrogens is 396 g/mol. The van der Waals surface area contributed by atoms with E-state index in [0.717, 1.165) is 47.4 Å². The minimum atomic E-state index is 0.513. The average molecular weight is 425 g/mol. The number of aromatic nitrogens is 2. The molecule has 30 heavy (non-hydrogen) atoms. The van der Waals surface area contributed by atoms with Crippen molar-refractivity contribution in [2.24, 2.45) is 11.7 Å². The van der Waals surface area contributed by atoms with E-state index in [1.165, 1.54) is 23.1 Å². The largest absolute Gasteiger partial charge is 0.491 e. The predicted octanol–water partition coefficient (Wildman–Crippen LogP) is 4.26. The zero-order valence-electron chi connectivity index (χ0n) is 17.2. The molecule has 7 nitrogen and oxygen atoms in total. The van der Waals surface area contributed by atoms with Crippen LogP contribution in [0.15, 0.2) is 18.5 Å². The predicted molar refractivity (Wildman–Crippen MR) is 124 cm³/mol. The summed E-state index contributed by atoms with van der Waals surface area (Å²) in [5.74, 6) is 2.13. The lowest BCUT2D eigenvalue weighted by Crippen LogP contribution is -2.09. The standard InChI is InChI=1S/C22H28N6OS/c1-13-4-5-15-19(8-13)30-22-20(15)21(26-12-27-22)28-17-9-14(11-24)16(25)10-18(17)29-7-3-2-6-23/h9-13,24H,2-8,23,25H2,1H3,(H,26,27,28). The maximum absolute atomic E-state index is 7.66. The SMILES string of the molecule is CC1CCc2c(sc3ncnc(Nc4cc(C=N)c(N)cc4OCCCCN)c23)C1. The van der Waals surface area contributed by atoms with E-state index in [-0.39, 0.29) is 0 Å². The molecule has 0 amide bonds. The summed E-state index contributed by atoms with van der Waals surface area (Å²) in [4.78, 5) is 11.5. The van der Waals surface area contributed by atoms with Gasteiger partial charge in [-0.15, -0.1) is 11.3 Å². The third kappa shape index (κ3) is 4.11. The van der Waals surface area contributed by atoms with E-state index in [9.17, 15) is 0 Å². The van der Waals surface area contributed by atoms with Gasteiger partial charge < -0.3 is 26.9 Å². The molecule has 0 saturated carbocycles. The molecule has 0 radical (unpaired) electrons. The summed E-state index contributed by atoms with van der Waals surface area (Å²) < 4.78 is 6.00. The summed E-state index contributed by atoms with van der Waals surface area (Å²) in [7, 11) is 0. The number of thiophene rings is 1. The number of benzene rings is 1. The maximum Gasteiger partial charge on any atom is 0.144 e. The van der Waals surface area contributed by atoms with Gasteiger partial charge in [-0.05, 0) is 56.2 Å². The Morgan fingerprint density at radius 2 is 2.20 bits per heavy atom. The first-order chi connectivity index (χ1) is 14.6. The first-order valence-corrected chi connectivity index (χ1v) is 11.2. The van der Waals surface area contributed by atoms with Gasteiger partial charge in [-0.2, -0.15) is 0 Å². The van der Waals surface area contributed by atoms with Crippen molar-refractivity contribution in [1.82, 2.24) is 9.97 Å². The molecule has 0 aliphatic heterocycles. The van der Waals surface area contributed by atoms with E-state index in [1.54, 1.807) is 23.7 Å². The van der Waals surface area contributed by atoms with Crippen molar-refractivity contribution in [2.75, 3.05) is 24.2 Å². The number of nitrogens with one attached hydrogen (secondary N) is 2. The summed E-state index contributed by atoms with van der Waals surface area (Å²) in [6.07, 6.45) is 7.97. The van der Waals surface area contributed by atoms with E-state index in [1.807, 2.05) is 6.07 Å². The lowest BCUT2D eigenvalue weighted by molar-refractivity contribution is 0.309. The number of ether oxygens (including phenoxy) is 1. The normalized spacial score (nSPS) is 15.7. The Labute approximate surface area is 180 Å². The molecular formula is C22H28N6OS. The average Bonchev–Trinajstić information content (AvgIpc) is 3.11. The molecule has 158 valence electrons. The number of nitrogens with two attached hydrogens (primary N) is 2. The van der Waals surface area contributed by atoms with Crippen LogP contribution >= 0.6 is 11.3 Å². The molecule has 4 rings (SSSR count). The van der Waals surface area contributed by atoms with Gasteiger partial charge in [0, 0.05) is 28.4 Å². The molecule has 1 aliphatic rings. The second-order valence-corrected chi connectivity index (χ2v) is 8.93. The molecule has 6 N–H and O–H groups in total. The third-order valence-electron chi connectivity index (χ3n) is 5.54. The Kier molecular flexibility index (Phi) is 6.15. The van der Waals surface area contributed by atoms with Gasteiger partial charge >= 0.3 is 0 Å². The van der Waals surface area contributed by atoms with Crippen molar-refractivity contribution in [3.05, 3.63) is 34.5 Å². The molecule has 0 saturated heterocycles. The molecule has 2 aromatic heterocycles. The molecule has 0 spiro atoms. The lowest BCUT2D eigenvalue weighted by Gasteiger charge is -2.19. The minimum absolute atomic E-state index is 0.513. The smallest absolute Gasteiger partial charge is 0.144 e. The summed E-state index contributed by atoms with van der Waals surface area (Å²) in [5.41, 5.74) is 14.9. The van der Waals surface area contributed by atoms with Gasteiger partial charge in [-0.1, -0.05) is 6.92 Å². The van der Waals surface area contributed by atoms with Gasteiger partial charge in [-0.25, -0.2) is 9.97 Å². The van der Waals surface area contributed by atoms with Crippen molar-refractivity contribution in [3.8, 4) is 5.75 Å². The fourth-order valence-corrected chi connectivity index (χ4v) is 5.23. The van der Waals surface area contributed by atoms with E-state index in [4.69, 9.17) is 21.6 Å². The minimum Gasteiger partial charge on any atom is -0.491 e. The third-order valence-corrected chi connectivity index (χ3v) is 6.70. The van der Waals surface area contributed by atoms with Crippen molar-refractivity contribution in [2.45, 2.75) is 39.0 Å². The van der Waals surface area contributed by atoms with Crippen LogP contribution in [0.4, 0.5) is 17.2 Å². The van der Waals surface area contributed by atoms with E-state index in [0.29, 0.717) is 36.1 Å². The maximum atomic E-state index is 7.66. The fraction of sp³-hybridized carbons (Fsp3) is 0.409. The van der Waals surface area contributed by atoms with Crippen LogP contribution in [0.3, 0.4) is 0 Å². The van der Waals surface area contributed by atoms with E-state index < -0.39 is 0 Å². The molecule has 2 heterocycles. The number of nitrogen functional groups attached to an aromatic ring is 1. The van der Waals surface area contributed by atoms with Crippen molar-refractivity contribution < 1.29 is 4.74 Å². The number of nitrogens with zero attached hydrogens (tertiary/aromatic N) is 2. The number of aryl methyl sites for hydroxylation is 1. The summed E-state index contributed by atoms with van der Waals surface area (Å²) in [6.45, 7) is 3.50. The highest BCUT2D eigenvalue weighted by Crippen LogP contribution is 2.41. The molecule has 1 aromatic carbocycles. The number of hydrogen-bond donors (Lipinski definition) is 4. The van der Waals surface area contributed by atoms with Crippen LogP contribution in [0.1, 0.15) is 42.2 Å². The monoisotopic (exact) mass is 424 g/mol. The molecule has 0 fully saturated rings. The zero-order chi connectivity index (χ0) is 21.1. The van der Waals surface area contributed by atoms with Gasteiger partial charge in [0.2, 0.25) is 0 Å². The molecule has 1 unspecified atom stereocenters. The van der Waals surface area contributed by atoms with Crippen LogP contribution in [-0.2, 0) is 12.8 Å². The quantitative estimate of drug-likeness (QED) is 0.243. The topological polar surface area (TPSA) is 123 Å². The second-order valence-electron chi connectivity index (χ2n) is 7.85. The summed E-state index contributed by atoms with van der Waals surface area (Å²) in [5, 5.41) is 12.2. The van der Waals surface area contributed by atoms with Gasteiger partial charge in [0.1, 0.15) is 22.7 Å². The van der Waals surface area contributed by atoms with E-state index in [2.05, 4.69) is 22.2 Å². The van der Waals surface area contributed by atoms with Crippen LogP contribution in [0.25, 0.3) is 10.2 Å². The second kappa shape index (κ2) is 8.97. The molecule has 1 aliphatic carbocycles. The fourth-order valence-electron chi connectivity index (χ4n) is 3.88.